The Bertz CT molecular complexity index is 653. The molecule has 0 N–H and O–H groups in total. The number of carbonyl (C=O) groups excluding carboxylic acids is 2. The predicted molar refractivity (Wildman–Crippen MR) is 108 cm³/mol. The highest BCUT2D eigenvalue weighted by Crippen LogP contribution is 2.51. The van der Waals surface area contributed by atoms with Gasteiger partial charge in [0.15, 0.2) is 13.7 Å². The van der Waals surface area contributed by atoms with Crippen molar-refractivity contribution in [2.24, 2.45) is 17.3 Å². The molecule has 0 aromatic heterocycles. The molecule has 27 heavy (non-hydrogen) atoms. The third-order valence-electron chi connectivity index (χ3n) is 6.65. The van der Waals surface area contributed by atoms with Gasteiger partial charge < -0.3 is 13.9 Å². The lowest BCUT2D eigenvalue weighted by molar-refractivity contribution is -0.168. The van der Waals surface area contributed by atoms with Crippen LogP contribution in [0.15, 0.2) is 23.3 Å². The molecule has 0 amide bonds. The van der Waals surface area contributed by atoms with Crippen molar-refractivity contribution in [1.29, 1.82) is 0 Å². The molecule has 0 radical (unpaired) electrons. The smallest absolute Gasteiger partial charge is 0.323 e. The summed E-state index contributed by atoms with van der Waals surface area (Å²) in [7, 11) is 0.748. The van der Waals surface area contributed by atoms with E-state index in [1.807, 2.05) is 0 Å². The molecule has 0 aliphatic heterocycles. The van der Waals surface area contributed by atoms with Crippen molar-refractivity contribution in [3.8, 4) is 0 Å². The summed E-state index contributed by atoms with van der Waals surface area (Å²) in [5.74, 6) is -0.742. The number of fused-ring (bicyclic) bond motifs is 1. The van der Waals surface area contributed by atoms with E-state index in [-0.39, 0.29) is 16.9 Å². The van der Waals surface area contributed by atoms with Crippen molar-refractivity contribution in [2.75, 3.05) is 20.8 Å². The fourth-order valence-corrected chi connectivity index (χ4v) is 4.71. The molecule has 0 unspecified atom stereocenters. The zero-order valence-electron chi connectivity index (χ0n) is 18.0. The number of hydrogen-bond acceptors (Lipinski definition) is 5. The number of allylic oxidation sites excluding steroid dienone is 3. The Morgan fingerprint density at radius 3 is 2.19 bits per heavy atom. The summed E-state index contributed by atoms with van der Waals surface area (Å²) < 4.78 is 16.4. The Balaban J connectivity index is 2.37. The molecule has 2 aliphatic carbocycles. The van der Waals surface area contributed by atoms with Crippen molar-refractivity contribution in [3.05, 3.63) is 23.3 Å². The molecule has 2 atom stereocenters. The van der Waals surface area contributed by atoms with Crippen LogP contribution in [-0.2, 0) is 23.5 Å². The molecule has 6 heteroatoms. The van der Waals surface area contributed by atoms with Gasteiger partial charge in [-0.3, -0.25) is 9.59 Å². The van der Waals surface area contributed by atoms with E-state index < -0.39 is 25.7 Å². The predicted octanol–water partition coefficient (Wildman–Crippen LogP) is 4.25. The average molecular weight is 395 g/mol. The minimum atomic E-state index is -1.90. The molecule has 1 fully saturated rings. The normalized spacial score (nSPS) is 24.6. The minimum absolute atomic E-state index is 0.0532. The Hall–Kier alpha value is -1.40. The maximum Gasteiger partial charge on any atom is 0.323 e. The largest absolute Gasteiger partial charge is 0.468 e. The molecule has 0 aromatic carbocycles. The molecular weight excluding hydrogens is 360 g/mol. The van der Waals surface area contributed by atoms with Crippen LogP contribution < -0.4 is 0 Å². The lowest BCUT2D eigenvalue weighted by Crippen LogP contribution is -2.41. The van der Waals surface area contributed by atoms with Gasteiger partial charge >= 0.3 is 11.9 Å². The standard InChI is InChI=1S/C21H34O5Si/c1-14-9-10-15-11-21(18(22)24-5,19(23)25-6)12-16(15)17(14)13-26-27(7,8)20(2,3)4/h9-10,14-15H,11-13H2,1-8H3/t14-,15-/m1/s1. The number of carbonyl (C=O) groups is 2. The summed E-state index contributed by atoms with van der Waals surface area (Å²) in [6, 6.07) is 0. The Morgan fingerprint density at radius 1 is 1.15 bits per heavy atom. The van der Waals surface area contributed by atoms with Crippen molar-refractivity contribution in [1.82, 2.24) is 0 Å². The van der Waals surface area contributed by atoms with Gasteiger partial charge in [0.1, 0.15) is 0 Å². The van der Waals surface area contributed by atoms with Gasteiger partial charge in [0.25, 0.3) is 0 Å². The van der Waals surface area contributed by atoms with Crippen LogP contribution in [-0.4, -0.2) is 41.1 Å². The first-order valence-electron chi connectivity index (χ1n) is 9.60. The maximum absolute atomic E-state index is 12.5. The molecule has 0 saturated heterocycles. The molecule has 0 bridgehead atoms. The molecule has 152 valence electrons. The summed E-state index contributed by atoms with van der Waals surface area (Å²) in [6.07, 6.45) is 5.02. The van der Waals surface area contributed by atoms with Crippen LogP contribution in [0.1, 0.15) is 40.5 Å². The van der Waals surface area contributed by atoms with E-state index in [1.54, 1.807) is 0 Å². The van der Waals surface area contributed by atoms with Gasteiger partial charge in [-0.2, -0.15) is 0 Å². The third kappa shape index (κ3) is 3.92. The Labute approximate surface area is 164 Å². The van der Waals surface area contributed by atoms with Crippen LogP contribution in [0.4, 0.5) is 0 Å². The summed E-state index contributed by atoms with van der Waals surface area (Å²) in [5.41, 5.74) is 1.08. The highest BCUT2D eigenvalue weighted by atomic mass is 28.4. The zero-order chi connectivity index (χ0) is 20.6. The average Bonchev–Trinajstić information content (AvgIpc) is 2.99. The van der Waals surface area contributed by atoms with Crippen molar-refractivity contribution in [3.63, 3.8) is 0 Å². The van der Waals surface area contributed by atoms with Crippen molar-refractivity contribution in [2.45, 2.75) is 58.7 Å². The Morgan fingerprint density at radius 2 is 1.70 bits per heavy atom. The summed E-state index contributed by atoms with van der Waals surface area (Å²) in [5, 5.41) is 0.128. The minimum Gasteiger partial charge on any atom is -0.468 e. The topological polar surface area (TPSA) is 61.8 Å². The molecule has 0 aromatic rings. The third-order valence-corrected chi connectivity index (χ3v) is 11.1. The first-order chi connectivity index (χ1) is 12.4. The van der Waals surface area contributed by atoms with Crippen LogP contribution in [0.25, 0.3) is 0 Å². The lowest BCUT2D eigenvalue weighted by Gasteiger charge is -2.37. The van der Waals surface area contributed by atoms with Gasteiger partial charge in [0, 0.05) is 0 Å². The molecule has 5 nitrogen and oxygen atoms in total. The van der Waals surface area contributed by atoms with Gasteiger partial charge in [-0.05, 0) is 48.4 Å². The van der Waals surface area contributed by atoms with E-state index in [9.17, 15) is 9.59 Å². The maximum atomic E-state index is 12.5. The number of hydrogen-bond donors (Lipinski definition) is 0. The van der Waals surface area contributed by atoms with Crippen LogP contribution in [0, 0.1) is 17.3 Å². The second-order valence-electron chi connectivity index (χ2n) is 9.33. The van der Waals surface area contributed by atoms with E-state index >= 15 is 0 Å². The fourth-order valence-electron chi connectivity index (χ4n) is 3.76. The van der Waals surface area contributed by atoms with Crippen LogP contribution >= 0.6 is 0 Å². The first-order valence-corrected chi connectivity index (χ1v) is 12.5. The van der Waals surface area contributed by atoms with Gasteiger partial charge in [-0.15, -0.1) is 0 Å². The van der Waals surface area contributed by atoms with Gasteiger partial charge in [-0.1, -0.05) is 45.4 Å². The first kappa shape index (κ1) is 21.9. The van der Waals surface area contributed by atoms with Crippen LogP contribution in [0.5, 0.6) is 0 Å². The number of rotatable bonds is 5. The highest BCUT2D eigenvalue weighted by molar-refractivity contribution is 6.74. The number of ether oxygens (including phenoxy) is 2. The van der Waals surface area contributed by atoms with Crippen LogP contribution in [0.3, 0.4) is 0 Å². The van der Waals surface area contributed by atoms with E-state index in [1.165, 1.54) is 19.8 Å². The highest BCUT2D eigenvalue weighted by Gasteiger charge is 2.56. The van der Waals surface area contributed by atoms with E-state index in [2.05, 4.69) is 52.9 Å². The van der Waals surface area contributed by atoms with Crippen LogP contribution in [0.2, 0.25) is 18.1 Å². The monoisotopic (exact) mass is 394 g/mol. The summed E-state index contributed by atoms with van der Waals surface area (Å²) in [4.78, 5) is 25.0. The van der Waals surface area contributed by atoms with E-state index in [0.29, 0.717) is 19.4 Å². The van der Waals surface area contributed by atoms with Gasteiger partial charge in [0.2, 0.25) is 0 Å². The number of methoxy groups -OCH3 is 2. The van der Waals surface area contributed by atoms with Gasteiger partial charge in [-0.25, -0.2) is 0 Å². The fraction of sp³-hybridized carbons (Fsp3) is 0.714. The number of esters is 2. The quantitative estimate of drug-likeness (QED) is 0.302. The molecule has 2 aliphatic rings. The SMILES string of the molecule is COC(=O)C1(C(=O)OC)CC2=C(CO[Si](C)(C)C(C)(C)C)[C@H](C)C=C[C@@H]2C1. The molecule has 1 saturated carbocycles. The molecule has 2 rings (SSSR count). The summed E-state index contributed by atoms with van der Waals surface area (Å²) >= 11 is 0. The van der Waals surface area contributed by atoms with Crippen molar-refractivity contribution >= 4 is 20.3 Å². The second kappa shape index (κ2) is 7.55. The lowest BCUT2D eigenvalue weighted by atomic mass is 9.84. The van der Waals surface area contributed by atoms with Gasteiger partial charge in [0.05, 0.1) is 20.8 Å². The van der Waals surface area contributed by atoms with Crippen molar-refractivity contribution < 1.29 is 23.5 Å². The Kier molecular flexibility index (Phi) is 6.12. The molecule has 0 heterocycles. The molecule has 0 spiro atoms. The zero-order valence-corrected chi connectivity index (χ0v) is 19.0. The van der Waals surface area contributed by atoms with E-state index in [4.69, 9.17) is 13.9 Å². The summed E-state index contributed by atoms with van der Waals surface area (Å²) in [6.45, 7) is 13.8. The van der Waals surface area contributed by atoms with E-state index in [0.717, 1.165) is 5.57 Å². The second-order valence-corrected chi connectivity index (χ2v) is 14.1. The molecular formula is C21H34O5Si.